The Morgan fingerprint density at radius 2 is 1.95 bits per heavy atom. The topological polar surface area (TPSA) is 37.8 Å². The second-order valence-electron chi connectivity index (χ2n) is 5.66. The minimum atomic E-state index is 0.145. The molecule has 2 aromatic rings. The second-order valence-corrected chi connectivity index (χ2v) is 6.60. The first kappa shape index (κ1) is 14.2. The first-order chi connectivity index (χ1) is 9.05. The SMILES string of the molecule is CC(C)(C)c1csc(CNCCc2ccncc2)n1. The first-order valence-electron chi connectivity index (χ1n) is 6.60. The average Bonchev–Trinajstić information content (AvgIpc) is 2.85. The summed E-state index contributed by atoms with van der Waals surface area (Å²) in [6.45, 7) is 8.41. The average molecular weight is 275 g/mol. The van der Waals surface area contributed by atoms with Crippen molar-refractivity contribution >= 4 is 11.3 Å². The Balaban J connectivity index is 1.76. The fraction of sp³-hybridized carbons (Fsp3) is 0.467. The van der Waals surface area contributed by atoms with Crippen LogP contribution in [-0.4, -0.2) is 16.5 Å². The number of rotatable bonds is 5. The van der Waals surface area contributed by atoms with Crippen molar-refractivity contribution in [2.45, 2.75) is 39.2 Å². The van der Waals surface area contributed by atoms with Crippen LogP contribution in [0, 0.1) is 0 Å². The summed E-state index contributed by atoms with van der Waals surface area (Å²) in [6, 6.07) is 4.12. The van der Waals surface area contributed by atoms with Crippen LogP contribution < -0.4 is 5.32 Å². The summed E-state index contributed by atoms with van der Waals surface area (Å²) >= 11 is 1.74. The van der Waals surface area contributed by atoms with E-state index in [1.54, 1.807) is 11.3 Å². The molecule has 2 aromatic heterocycles. The van der Waals surface area contributed by atoms with Crippen LogP contribution in [0.1, 0.15) is 37.0 Å². The van der Waals surface area contributed by atoms with Crippen LogP contribution in [0.2, 0.25) is 0 Å². The van der Waals surface area contributed by atoms with Gasteiger partial charge in [0.2, 0.25) is 0 Å². The summed E-state index contributed by atoms with van der Waals surface area (Å²) in [7, 11) is 0. The van der Waals surface area contributed by atoms with Crippen LogP contribution >= 0.6 is 11.3 Å². The number of hydrogen-bond acceptors (Lipinski definition) is 4. The van der Waals surface area contributed by atoms with E-state index in [-0.39, 0.29) is 5.41 Å². The van der Waals surface area contributed by atoms with Crippen LogP contribution in [0.5, 0.6) is 0 Å². The van der Waals surface area contributed by atoms with E-state index in [2.05, 4.69) is 53.6 Å². The molecule has 1 N–H and O–H groups in total. The van der Waals surface area contributed by atoms with E-state index < -0.39 is 0 Å². The van der Waals surface area contributed by atoms with Crippen LogP contribution in [0.4, 0.5) is 0 Å². The number of nitrogens with zero attached hydrogens (tertiary/aromatic N) is 2. The van der Waals surface area contributed by atoms with Gasteiger partial charge in [-0.3, -0.25) is 4.98 Å². The first-order valence-corrected chi connectivity index (χ1v) is 7.48. The molecule has 2 heterocycles. The zero-order valence-electron chi connectivity index (χ0n) is 11.8. The summed E-state index contributed by atoms with van der Waals surface area (Å²) in [5, 5.41) is 6.78. The predicted molar refractivity (Wildman–Crippen MR) is 80.5 cm³/mol. The smallest absolute Gasteiger partial charge is 0.107 e. The Morgan fingerprint density at radius 3 is 2.58 bits per heavy atom. The molecule has 0 bridgehead atoms. The third kappa shape index (κ3) is 4.40. The molecule has 0 saturated heterocycles. The minimum Gasteiger partial charge on any atom is -0.310 e. The van der Waals surface area contributed by atoms with Gasteiger partial charge in [0.05, 0.1) is 5.69 Å². The van der Waals surface area contributed by atoms with Crippen molar-refractivity contribution in [1.29, 1.82) is 0 Å². The van der Waals surface area contributed by atoms with Gasteiger partial charge in [0.25, 0.3) is 0 Å². The van der Waals surface area contributed by atoms with E-state index >= 15 is 0 Å². The lowest BCUT2D eigenvalue weighted by molar-refractivity contribution is 0.568. The standard InChI is InChI=1S/C15H21N3S/c1-15(2,3)13-11-19-14(18-13)10-17-9-6-12-4-7-16-8-5-12/h4-5,7-8,11,17H,6,9-10H2,1-3H3. The normalized spacial score (nSPS) is 11.7. The molecule has 2 rings (SSSR count). The van der Waals surface area contributed by atoms with Gasteiger partial charge in [-0.15, -0.1) is 11.3 Å². The van der Waals surface area contributed by atoms with Crippen molar-refractivity contribution < 1.29 is 0 Å². The molecule has 0 atom stereocenters. The summed E-state index contributed by atoms with van der Waals surface area (Å²) in [5.41, 5.74) is 2.65. The summed E-state index contributed by atoms with van der Waals surface area (Å²) < 4.78 is 0. The van der Waals surface area contributed by atoms with Gasteiger partial charge in [-0.1, -0.05) is 20.8 Å². The second kappa shape index (κ2) is 6.26. The molecule has 102 valence electrons. The number of nitrogens with one attached hydrogen (secondary N) is 1. The molecular formula is C15H21N3S. The highest BCUT2D eigenvalue weighted by molar-refractivity contribution is 7.09. The van der Waals surface area contributed by atoms with Crippen molar-refractivity contribution in [3.8, 4) is 0 Å². The van der Waals surface area contributed by atoms with Crippen molar-refractivity contribution in [2.24, 2.45) is 0 Å². The quantitative estimate of drug-likeness (QED) is 0.852. The van der Waals surface area contributed by atoms with Gasteiger partial charge in [0.15, 0.2) is 0 Å². The van der Waals surface area contributed by atoms with E-state index in [1.165, 1.54) is 16.3 Å². The number of hydrogen-bond donors (Lipinski definition) is 1. The lowest BCUT2D eigenvalue weighted by Gasteiger charge is -2.14. The molecule has 0 aromatic carbocycles. The van der Waals surface area contributed by atoms with E-state index in [9.17, 15) is 0 Å². The van der Waals surface area contributed by atoms with Gasteiger partial charge in [0.1, 0.15) is 5.01 Å². The molecule has 0 amide bonds. The third-order valence-electron chi connectivity index (χ3n) is 2.94. The van der Waals surface area contributed by atoms with Gasteiger partial charge in [-0.25, -0.2) is 4.98 Å². The molecule has 0 aliphatic heterocycles. The molecule has 0 fully saturated rings. The molecule has 0 saturated carbocycles. The Hall–Kier alpha value is -1.26. The van der Waals surface area contributed by atoms with Crippen molar-refractivity contribution in [3.05, 3.63) is 46.2 Å². The maximum Gasteiger partial charge on any atom is 0.107 e. The Labute approximate surface area is 119 Å². The van der Waals surface area contributed by atoms with E-state index in [0.717, 1.165) is 19.5 Å². The highest BCUT2D eigenvalue weighted by Gasteiger charge is 2.16. The van der Waals surface area contributed by atoms with Crippen molar-refractivity contribution in [3.63, 3.8) is 0 Å². The Morgan fingerprint density at radius 1 is 1.21 bits per heavy atom. The van der Waals surface area contributed by atoms with Gasteiger partial charge >= 0.3 is 0 Å². The maximum atomic E-state index is 4.67. The van der Waals surface area contributed by atoms with Crippen LogP contribution in [0.25, 0.3) is 0 Å². The van der Waals surface area contributed by atoms with E-state index in [0.29, 0.717) is 0 Å². The highest BCUT2D eigenvalue weighted by atomic mass is 32.1. The van der Waals surface area contributed by atoms with Crippen LogP contribution in [-0.2, 0) is 18.4 Å². The van der Waals surface area contributed by atoms with Gasteiger partial charge in [-0.2, -0.15) is 0 Å². The monoisotopic (exact) mass is 275 g/mol. The maximum absolute atomic E-state index is 4.67. The van der Waals surface area contributed by atoms with Gasteiger partial charge in [0, 0.05) is 29.7 Å². The summed E-state index contributed by atoms with van der Waals surface area (Å²) in [5.74, 6) is 0. The molecule has 0 unspecified atom stereocenters. The minimum absolute atomic E-state index is 0.145. The molecule has 0 aliphatic rings. The lowest BCUT2D eigenvalue weighted by atomic mass is 9.93. The number of pyridine rings is 1. The van der Waals surface area contributed by atoms with E-state index in [4.69, 9.17) is 0 Å². The third-order valence-corrected chi connectivity index (χ3v) is 3.79. The molecule has 0 radical (unpaired) electrons. The predicted octanol–water partition coefficient (Wildman–Crippen LogP) is 3.17. The number of thiazole rings is 1. The molecule has 4 heteroatoms. The van der Waals surface area contributed by atoms with E-state index in [1.807, 2.05) is 12.4 Å². The zero-order valence-corrected chi connectivity index (χ0v) is 12.6. The lowest BCUT2D eigenvalue weighted by Crippen LogP contribution is -2.17. The zero-order chi connectivity index (χ0) is 13.7. The highest BCUT2D eigenvalue weighted by Crippen LogP contribution is 2.23. The Kier molecular flexibility index (Phi) is 4.66. The molecule has 0 aliphatic carbocycles. The van der Waals surface area contributed by atoms with Crippen LogP contribution in [0.15, 0.2) is 29.9 Å². The van der Waals surface area contributed by atoms with Gasteiger partial charge in [-0.05, 0) is 30.7 Å². The van der Waals surface area contributed by atoms with Gasteiger partial charge < -0.3 is 5.32 Å². The molecule has 0 spiro atoms. The fourth-order valence-corrected chi connectivity index (χ4v) is 2.70. The molecular weight excluding hydrogens is 254 g/mol. The fourth-order valence-electron chi connectivity index (χ4n) is 1.71. The van der Waals surface area contributed by atoms with Crippen molar-refractivity contribution in [1.82, 2.24) is 15.3 Å². The Bertz CT molecular complexity index is 500. The van der Waals surface area contributed by atoms with Crippen molar-refractivity contribution in [2.75, 3.05) is 6.54 Å². The molecule has 19 heavy (non-hydrogen) atoms. The molecule has 3 nitrogen and oxygen atoms in total. The largest absolute Gasteiger partial charge is 0.310 e. The van der Waals surface area contributed by atoms with Crippen LogP contribution in [0.3, 0.4) is 0 Å². The number of aromatic nitrogens is 2. The summed E-state index contributed by atoms with van der Waals surface area (Å²) in [4.78, 5) is 8.69. The summed E-state index contributed by atoms with van der Waals surface area (Å²) in [6.07, 6.45) is 4.71.